The molecule has 314 valence electrons. The van der Waals surface area contributed by atoms with Crippen molar-refractivity contribution < 1.29 is 29.0 Å². The number of hydrogen-bond donors (Lipinski definition) is 5. The van der Waals surface area contributed by atoms with E-state index < -0.39 is 47.1 Å². The number of nitrogens with one attached hydrogen (secondary N) is 4. The molecule has 0 aliphatic carbocycles. The summed E-state index contributed by atoms with van der Waals surface area (Å²) in [6, 6.07) is 25.1. The molecule has 4 aromatic rings. The van der Waals surface area contributed by atoms with Crippen molar-refractivity contribution in [3.05, 3.63) is 120 Å². The Labute approximate surface area is 347 Å². The van der Waals surface area contributed by atoms with Crippen LogP contribution in [0.2, 0.25) is 0 Å². The third-order valence-electron chi connectivity index (χ3n) is 10.7. The monoisotopic (exact) mass is 805 g/mol. The zero-order valence-electron chi connectivity index (χ0n) is 35.0. The first-order valence-electron chi connectivity index (χ1n) is 20.2. The van der Waals surface area contributed by atoms with Gasteiger partial charge >= 0.3 is 12.1 Å². The number of aliphatic hydroxyl groups is 1. The average Bonchev–Trinajstić information content (AvgIpc) is 3.55. The van der Waals surface area contributed by atoms with Crippen LogP contribution in [0, 0.1) is 16.7 Å². The smallest absolute Gasteiger partial charge is 0.406 e. The molecule has 3 heterocycles. The predicted octanol–water partition coefficient (Wildman–Crippen LogP) is 5.68. The molecular formula is C46H59N7O6. The third kappa shape index (κ3) is 13.1. The number of urea groups is 1. The number of aromatic nitrogens is 2. The summed E-state index contributed by atoms with van der Waals surface area (Å²) < 4.78 is 4.72. The molecule has 0 radical (unpaired) electrons. The molecule has 1 fully saturated rings. The lowest BCUT2D eigenvalue weighted by molar-refractivity contribution is -0.132. The standard InChI is InChI=1S/C46H59N7O6/c1-45(2,3)41(38-28-49-43(57)53(38)29-33-19-22-47-23-20-33)42(56)52-37(25-31-12-8-7-9-13-31)39(54)26-35(51-40(55)27-46(4,5)30-50-44(58)59-6)24-32-15-17-34(18-16-32)36-14-10-11-21-48-36/h7-23,35,37-39,41,54H,24-30H2,1-6H3,(H,49,57)(H,50,58)(H,51,55)(H,52,56). The minimum absolute atomic E-state index is 0.101. The molecule has 13 heteroatoms. The van der Waals surface area contributed by atoms with Gasteiger partial charge in [0.1, 0.15) is 0 Å². The van der Waals surface area contributed by atoms with Crippen LogP contribution < -0.4 is 21.3 Å². The maximum absolute atomic E-state index is 14.7. The van der Waals surface area contributed by atoms with E-state index in [1.165, 1.54) is 7.11 Å². The number of nitrogens with zero attached hydrogens (tertiary/aromatic N) is 3. The lowest BCUT2D eigenvalue weighted by atomic mass is 9.75. The summed E-state index contributed by atoms with van der Waals surface area (Å²) in [7, 11) is 1.29. The van der Waals surface area contributed by atoms with Gasteiger partial charge in [-0.25, -0.2) is 9.59 Å². The van der Waals surface area contributed by atoms with E-state index in [2.05, 4.69) is 31.2 Å². The number of aliphatic hydroxyl groups excluding tert-OH is 1. The number of carbonyl (C=O) groups is 4. The first-order chi connectivity index (χ1) is 28.1. The van der Waals surface area contributed by atoms with E-state index in [0.29, 0.717) is 25.9 Å². The van der Waals surface area contributed by atoms with Gasteiger partial charge in [0, 0.05) is 56.3 Å². The zero-order chi connectivity index (χ0) is 42.6. The van der Waals surface area contributed by atoms with Crippen LogP contribution in [0.4, 0.5) is 9.59 Å². The van der Waals surface area contributed by atoms with Crippen molar-refractivity contribution in [1.29, 1.82) is 0 Å². The molecule has 5 amide bonds. The molecule has 2 aromatic carbocycles. The van der Waals surface area contributed by atoms with Crippen molar-refractivity contribution in [3.8, 4) is 11.3 Å². The molecule has 1 aliphatic rings. The number of rotatable bonds is 18. The van der Waals surface area contributed by atoms with E-state index in [1.807, 2.05) is 120 Å². The van der Waals surface area contributed by atoms with Gasteiger partial charge in [0.25, 0.3) is 0 Å². The fourth-order valence-electron chi connectivity index (χ4n) is 7.73. The van der Waals surface area contributed by atoms with Gasteiger partial charge in [-0.15, -0.1) is 0 Å². The molecule has 13 nitrogen and oxygen atoms in total. The van der Waals surface area contributed by atoms with Crippen LogP contribution in [0.3, 0.4) is 0 Å². The Morgan fingerprint density at radius 1 is 0.864 bits per heavy atom. The highest BCUT2D eigenvalue weighted by atomic mass is 16.5. The van der Waals surface area contributed by atoms with Crippen LogP contribution in [-0.4, -0.2) is 88.3 Å². The molecular weight excluding hydrogens is 747 g/mol. The highest BCUT2D eigenvalue weighted by molar-refractivity contribution is 5.84. The molecule has 0 saturated carbocycles. The number of pyridine rings is 2. The van der Waals surface area contributed by atoms with Crippen LogP contribution in [-0.2, 0) is 33.7 Å². The summed E-state index contributed by atoms with van der Waals surface area (Å²) in [5, 5.41) is 24.2. The second-order valence-electron chi connectivity index (χ2n) is 17.3. The third-order valence-corrected chi connectivity index (χ3v) is 10.7. The van der Waals surface area contributed by atoms with Gasteiger partial charge in [-0.3, -0.25) is 19.6 Å². The van der Waals surface area contributed by atoms with Gasteiger partial charge in [0.2, 0.25) is 11.8 Å². The Balaban J connectivity index is 1.40. The minimum Gasteiger partial charge on any atom is -0.453 e. The Kier molecular flexibility index (Phi) is 15.2. The van der Waals surface area contributed by atoms with Crippen LogP contribution in [0.15, 0.2) is 104 Å². The highest BCUT2D eigenvalue weighted by Crippen LogP contribution is 2.34. The zero-order valence-corrected chi connectivity index (χ0v) is 35.0. The second-order valence-corrected chi connectivity index (χ2v) is 17.3. The topological polar surface area (TPSA) is 175 Å². The Hall–Kier alpha value is -5.82. The molecule has 0 spiro atoms. The number of methoxy groups -OCH3 is 1. The quantitative estimate of drug-likeness (QED) is 0.0855. The van der Waals surface area contributed by atoms with Crippen LogP contribution in [0.25, 0.3) is 11.3 Å². The summed E-state index contributed by atoms with van der Waals surface area (Å²) in [4.78, 5) is 63.6. The van der Waals surface area contributed by atoms with Gasteiger partial charge in [-0.1, -0.05) is 95.3 Å². The van der Waals surface area contributed by atoms with Crippen molar-refractivity contribution in [3.63, 3.8) is 0 Å². The Morgan fingerprint density at radius 2 is 1.54 bits per heavy atom. The van der Waals surface area contributed by atoms with E-state index in [4.69, 9.17) is 4.74 Å². The van der Waals surface area contributed by atoms with Crippen molar-refractivity contribution in [2.24, 2.45) is 16.7 Å². The molecule has 5 unspecified atom stereocenters. The van der Waals surface area contributed by atoms with Gasteiger partial charge in [-0.2, -0.15) is 0 Å². The second kappa shape index (κ2) is 20.2. The maximum atomic E-state index is 14.7. The van der Waals surface area contributed by atoms with Crippen molar-refractivity contribution in [2.45, 2.75) is 91.1 Å². The predicted molar refractivity (Wildman–Crippen MR) is 227 cm³/mol. The van der Waals surface area contributed by atoms with E-state index >= 15 is 0 Å². The van der Waals surface area contributed by atoms with E-state index in [-0.39, 0.29) is 37.2 Å². The molecule has 1 saturated heterocycles. The number of hydrogen-bond acceptors (Lipinski definition) is 8. The fourth-order valence-corrected chi connectivity index (χ4v) is 7.73. The van der Waals surface area contributed by atoms with Crippen LogP contribution in [0.1, 0.15) is 64.2 Å². The lowest BCUT2D eigenvalue weighted by Crippen LogP contribution is -2.56. The summed E-state index contributed by atoms with van der Waals surface area (Å²) in [6.45, 7) is 10.5. The molecule has 2 aromatic heterocycles. The van der Waals surface area contributed by atoms with E-state index in [1.54, 1.807) is 23.5 Å². The van der Waals surface area contributed by atoms with E-state index in [0.717, 1.165) is 27.9 Å². The molecule has 5 atom stereocenters. The van der Waals surface area contributed by atoms with Gasteiger partial charge in [-0.05, 0) is 71.0 Å². The number of alkyl carbamates (subject to hydrolysis) is 1. The largest absolute Gasteiger partial charge is 0.453 e. The maximum Gasteiger partial charge on any atom is 0.406 e. The Morgan fingerprint density at radius 3 is 2.19 bits per heavy atom. The van der Waals surface area contributed by atoms with Crippen molar-refractivity contribution in [1.82, 2.24) is 36.1 Å². The fraction of sp³-hybridized carbons (Fsp3) is 0.435. The summed E-state index contributed by atoms with van der Waals surface area (Å²) in [5.74, 6) is -1.15. The van der Waals surface area contributed by atoms with Crippen molar-refractivity contribution in [2.75, 3.05) is 20.2 Å². The molecule has 5 N–H and O–H groups in total. The van der Waals surface area contributed by atoms with Crippen molar-refractivity contribution >= 4 is 23.9 Å². The number of amides is 5. The molecule has 1 aliphatic heterocycles. The number of carbonyl (C=O) groups excluding carboxylic acids is 4. The van der Waals surface area contributed by atoms with Crippen LogP contribution >= 0.6 is 0 Å². The van der Waals surface area contributed by atoms with Crippen LogP contribution in [0.5, 0.6) is 0 Å². The first-order valence-corrected chi connectivity index (χ1v) is 20.2. The number of benzene rings is 2. The van der Waals surface area contributed by atoms with Gasteiger partial charge in [0.15, 0.2) is 0 Å². The molecule has 59 heavy (non-hydrogen) atoms. The highest BCUT2D eigenvalue weighted by Gasteiger charge is 2.46. The average molecular weight is 806 g/mol. The summed E-state index contributed by atoms with van der Waals surface area (Å²) in [6.07, 6.45) is 4.41. The summed E-state index contributed by atoms with van der Waals surface area (Å²) in [5.41, 5.74) is 3.40. The first kappa shape index (κ1) is 44.3. The minimum atomic E-state index is -1.08. The molecule has 5 rings (SSSR count). The Bertz CT molecular complexity index is 1970. The van der Waals surface area contributed by atoms with Gasteiger partial charge < -0.3 is 36.0 Å². The molecule has 0 bridgehead atoms. The SMILES string of the molecule is COC(=O)NCC(C)(C)CC(=O)NC(Cc1ccc(-c2ccccn2)cc1)CC(O)C(Cc1ccccc1)NC(=O)C(C1CNC(=O)N1Cc1ccncc1)C(C)(C)C. The number of ether oxygens (including phenoxy) is 1. The lowest BCUT2D eigenvalue weighted by Gasteiger charge is -2.39. The summed E-state index contributed by atoms with van der Waals surface area (Å²) >= 11 is 0. The van der Waals surface area contributed by atoms with E-state index in [9.17, 15) is 24.3 Å². The van der Waals surface area contributed by atoms with Gasteiger partial charge in [0.05, 0.1) is 36.9 Å². The normalized spacial score (nSPS) is 16.3.